The molecule has 0 bridgehead atoms. The zero-order valence-electron chi connectivity index (χ0n) is 16.5. The van der Waals surface area contributed by atoms with Crippen LogP contribution in [0.5, 0.6) is 11.5 Å². The number of ether oxygens (including phenoxy) is 2. The van der Waals surface area contributed by atoms with Gasteiger partial charge in [0, 0.05) is 18.7 Å². The van der Waals surface area contributed by atoms with Crippen molar-refractivity contribution in [1.29, 1.82) is 0 Å². The molecule has 1 fully saturated rings. The molecule has 0 spiro atoms. The summed E-state index contributed by atoms with van der Waals surface area (Å²) in [6.45, 7) is 2.38. The molecule has 29 heavy (non-hydrogen) atoms. The van der Waals surface area contributed by atoms with E-state index in [2.05, 4.69) is 10.3 Å². The van der Waals surface area contributed by atoms with Gasteiger partial charge in [0.05, 0.1) is 19.9 Å². The van der Waals surface area contributed by atoms with Crippen LogP contribution < -0.4 is 14.8 Å². The van der Waals surface area contributed by atoms with Gasteiger partial charge in [0.15, 0.2) is 5.17 Å². The Bertz CT molecular complexity index is 897. The number of aliphatic imine (C=N–C) groups is 1. The first-order chi connectivity index (χ1) is 14.0. The van der Waals surface area contributed by atoms with E-state index < -0.39 is 5.25 Å². The number of nitrogens with zero attached hydrogens (tertiary/aromatic N) is 2. The van der Waals surface area contributed by atoms with E-state index >= 15 is 0 Å². The minimum atomic E-state index is -0.551. The van der Waals surface area contributed by atoms with Crippen molar-refractivity contribution in [2.75, 3.05) is 26.1 Å². The molecule has 1 unspecified atom stereocenters. The summed E-state index contributed by atoms with van der Waals surface area (Å²) < 4.78 is 10.3. The van der Waals surface area contributed by atoms with Gasteiger partial charge in [0.1, 0.15) is 16.7 Å². The number of carbonyl (C=O) groups is 2. The number of thioether (sulfide) groups is 1. The van der Waals surface area contributed by atoms with Crippen LogP contribution in [0.25, 0.3) is 0 Å². The number of amidine groups is 1. The zero-order chi connectivity index (χ0) is 20.8. The number of hydrogen-bond acceptors (Lipinski definition) is 6. The van der Waals surface area contributed by atoms with Crippen molar-refractivity contribution in [3.05, 3.63) is 48.5 Å². The molecule has 0 radical (unpaired) electrons. The summed E-state index contributed by atoms with van der Waals surface area (Å²) in [6.07, 6.45) is 0.127. The van der Waals surface area contributed by atoms with Gasteiger partial charge in [0.25, 0.3) is 0 Å². The highest BCUT2D eigenvalue weighted by Gasteiger charge is 2.35. The third-order valence-corrected chi connectivity index (χ3v) is 5.59. The third-order valence-electron chi connectivity index (χ3n) is 4.40. The number of nitrogens with one attached hydrogen (secondary N) is 1. The SMILES string of the molecule is CCN1C(=O)CC(C(=O)Nc2ccc(OC)cc2)SC1=Nc1ccc(OC)cc1. The second-order valence-electron chi connectivity index (χ2n) is 6.26. The molecule has 2 aromatic carbocycles. The Labute approximate surface area is 174 Å². The third kappa shape index (κ3) is 5.08. The molecule has 1 aliphatic rings. The van der Waals surface area contributed by atoms with Gasteiger partial charge in [-0.1, -0.05) is 11.8 Å². The summed E-state index contributed by atoms with van der Waals surface area (Å²) in [5.41, 5.74) is 1.34. The highest BCUT2D eigenvalue weighted by Crippen LogP contribution is 2.30. The molecule has 1 saturated heterocycles. The fourth-order valence-corrected chi connectivity index (χ4v) is 3.98. The lowest BCUT2D eigenvalue weighted by molar-refractivity contribution is -0.129. The van der Waals surface area contributed by atoms with Gasteiger partial charge in [-0.2, -0.15) is 0 Å². The fourth-order valence-electron chi connectivity index (χ4n) is 2.82. The number of benzene rings is 2. The molecule has 3 rings (SSSR count). The molecule has 2 aromatic rings. The zero-order valence-corrected chi connectivity index (χ0v) is 17.4. The van der Waals surface area contributed by atoms with E-state index in [1.54, 1.807) is 55.5 Å². The van der Waals surface area contributed by atoms with Crippen LogP contribution in [0, 0.1) is 0 Å². The number of carbonyl (C=O) groups excluding carboxylic acids is 2. The fraction of sp³-hybridized carbons (Fsp3) is 0.286. The van der Waals surface area contributed by atoms with E-state index in [1.807, 2.05) is 19.1 Å². The Morgan fingerprint density at radius 2 is 1.69 bits per heavy atom. The van der Waals surface area contributed by atoms with Crippen molar-refractivity contribution in [1.82, 2.24) is 4.90 Å². The normalized spacial score (nSPS) is 17.9. The second kappa shape index (κ2) is 9.47. The maximum atomic E-state index is 12.7. The van der Waals surface area contributed by atoms with E-state index in [-0.39, 0.29) is 18.2 Å². The average Bonchev–Trinajstić information content (AvgIpc) is 2.74. The van der Waals surface area contributed by atoms with Gasteiger partial charge in [-0.05, 0) is 55.5 Å². The summed E-state index contributed by atoms with van der Waals surface area (Å²) in [4.78, 5) is 31.5. The smallest absolute Gasteiger partial charge is 0.238 e. The highest BCUT2D eigenvalue weighted by molar-refractivity contribution is 8.15. The molecule has 0 aliphatic carbocycles. The quantitative estimate of drug-likeness (QED) is 0.781. The molecule has 1 aliphatic heterocycles. The van der Waals surface area contributed by atoms with Crippen molar-refractivity contribution in [3.63, 3.8) is 0 Å². The second-order valence-corrected chi connectivity index (χ2v) is 7.43. The van der Waals surface area contributed by atoms with Crippen LogP contribution in [-0.4, -0.2) is 47.9 Å². The molecule has 0 saturated carbocycles. The molecule has 1 N–H and O–H groups in total. The lowest BCUT2D eigenvalue weighted by Crippen LogP contribution is -2.45. The molecule has 7 nitrogen and oxygen atoms in total. The minimum Gasteiger partial charge on any atom is -0.497 e. The Hall–Kier alpha value is -3.00. The van der Waals surface area contributed by atoms with Gasteiger partial charge in [0.2, 0.25) is 11.8 Å². The number of anilines is 1. The Kier molecular flexibility index (Phi) is 6.77. The van der Waals surface area contributed by atoms with Crippen LogP contribution in [-0.2, 0) is 9.59 Å². The van der Waals surface area contributed by atoms with Crippen LogP contribution in [0.3, 0.4) is 0 Å². The summed E-state index contributed by atoms with van der Waals surface area (Å²) >= 11 is 1.29. The monoisotopic (exact) mass is 413 g/mol. The van der Waals surface area contributed by atoms with Crippen molar-refractivity contribution in [2.24, 2.45) is 4.99 Å². The van der Waals surface area contributed by atoms with Crippen molar-refractivity contribution in [3.8, 4) is 11.5 Å². The largest absolute Gasteiger partial charge is 0.497 e. The standard InChI is InChI=1S/C21H23N3O4S/c1-4-24-19(25)13-18(20(26)22-14-5-9-16(27-2)10-6-14)29-21(24)23-15-7-11-17(28-3)12-8-15/h5-12,18H,4,13H2,1-3H3,(H,22,26). The van der Waals surface area contributed by atoms with Gasteiger partial charge >= 0.3 is 0 Å². The van der Waals surface area contributed by atoms with E-state index in [0.717, 1.165) is 5.75 Å². The molecular weight excluding hydrogens is 390 g/mol. The number of rotatable bonds is 6. The summed E-state index contributed by atoms with van der Waals surface area (Å²) in [6, 6.07) is 14.3. The average molecular weight is 413 g/mol. The first kappa shape index (κ1) is 20.7. The van der Waals surface area contributed by atoms with Crippen LogP contribution in [0.15, 0.2) is 53.5 Å². The van der Waals surface area contributed by atoms with Crippen molar-refractivity contribution >= 4 is 40.1 Å². The molecule has 1 atom stereocenters. The lowest BCUT2D eigenvalue weighted by Gasteiger charge is -2.30. The molecule has 0 aromatic heterocycles. The summed E-state index contributed by atoms with van der Waals surface area (Å²) in [5.74, 6) is 1.09. The predicted octanol–water partition coefficient (Wildman–Crippen LogP) is 3.68. The van der Waals surface area contributed by atoms with E-state index in [4.69, 9.17) is 9.47 Å². The number of hydrogen-bond donors (Lipinski definition) is 1. The topological polar surface area (TPSA) is 80.2 Å². The Morgan fingerprint density at radius 3 is 2.24 bits per heavy atom. The first-order valence-electron chi connectivity index (χ1n) is 9.18. The number of methoxy groups -OCH3 is 2. The van der Waals surface area contributed by atoms with Gasteiger partial charge in [-0.3, -0.25) is 14.5 Å². The van der Waals surface area contributed by atoms with Gasteiger partial charge < -0.3 is 14.8 Å². The summed E-state index contributed by atoms with van der Waals surface area (Å²) in [5, 5.41) is 2.82. The maximum absolute atomic E-state index is 12.7. The molecule has 152 valence electrons. The Morgan fingerprint density at radius 1 is 1.10 bits per heavy atom. The van der Waals surface area contributed by atoms with Crippen LogP contribution in [0.2, 0.25) is 0 Å². The molecular formula is C21H23N3O4S. The molecule has 2 amide bonds. The highest BCUT2D eigenvalue weighted by atomic mass is 32.2. The van der Waals surface area contributed by atoms with Crippen LogP contribution >= 0.6 is 11.8 Å². The molecule has 8 heteroatoms. The van der Waals surface area contributed by atoms with Crippen molar-refractivity contribution < 1.29 is 19.1 Å². The van der Waals surface area contributed by atoms with E-state index in [1.165, 1.54) is 11.8 Å². The first-order valence-corrected chi connectivity index (χ1v) is 10.1. The van der Waals surface area contributed by atoms with Crippen LogP contribution in [0.1, 0.15) is 13.3 Å². The Balaban J connectivity index is 1.76. The van der Waals surface area contributed by atoms with E-state index in [0.29, 0.717) is 28.8 Å². The number of amides is 2. The van der Waals surface area contributed by atoms with E-state index in [9.17, 15) is 9.59 Å². The van der Waals surface area contributed by atoms with Crippen LogP contribution in [0.4, 0.5) is 11.4 Å². The maximum Gasteiger partial charge on any atom is 0.238 e. The lowest BCUT2D eigenvalue weighted by atomic mass is 10.2. The molecule has 1 heterocycles. The van der Waals surface area contributed by atoms with Gasteiger partial charge in [-0.25, -0.2) is 4.99 Å². The van der Waals surface area contributed by atoms with Gasteiger partial charge in [-0.15, -0.1) is 0 Å². The predicted molar refractivity (Wildman–Crippen MR) is 115 cm³/mol. The van der Waals surface area contributed by atoms with Crippen molar-refractivity contribution in [2.45, 2.75) is 18.6 Å². The summed E-state index contributed by atoms with van der Waals surface area (Å²) in [7, 11) is 3.18. The minimum absolute atomic E-state index is 0.117.